The number of hydrogen-bond donors (Lipinski definition) is 2. The first-order valence-corrected chi connectivity index (χ1v) is 7.01. The highest BCUT2D eigenvalue weighted by molar-refractivity contribution is 7.99. The van der Waals surface area contributed by atoms with Gasteiger partial charge in [0.15, 0.2) is 0 Å². The van der Waals surface area contributed by atoms with Gasteiger partial charge in [0.2, 0.25) is 5.91 Å². The van der Waals surface area contributed by atoms with Crippen molar-refractivity contribution in [1.29, 1.82) is 0 Å². The highest BCUT2D eigenvalue weighted by Crippen LogP contribution is 2.31. The number of hydrogen-bond acceptors (Lipinski definition) is 3. The van der Waals surface area contributed by atoms with Crippen LogP contribution < -0.4 is 11.1 Å². The molecule has 1 heterocycles. The molecule has 1 aliphatic rings. The van der Waals surface area contributed by atoms with Gasteiger partial charge in [0, 0.05) is 5.69 Å². The van der Waals surface area contributed by atoms with Gasteiger partial charge in [-0.2, -0.15) is 11.8 Å². The minimum Gasteiger partial charge on any atom is -0.371 e. The average Bonchev–Trinajstić information content (AvgIpc) is 2.33. The summed E-state index contributed by atoms with van der Waals surface area (Å²) in [5.41, 5.74) is 7.19. The van der Waals surface area contributed by atoms with Gasteiger partial charge in [-0.3, -0.25) is 4.79 Å². The van der Waals surface area contributed by atoms with Crippen LogP contribution in [-0.4, -0.2) is 23.0 Å². The van der Waals surface area contributed by atoms with Crippen molar-refractivity contribution in [2.45, 2.75) is 25.3 Å². The maximum Gasteiger partial charge on any atom is 0.243 e. The molecule has 0 aromatic heterocycles. The Hall–Kier alpha value is -1.16. The van der Waals surface area contributed by atoms with Crippen molar-refractivity contribution in [3.05, 3.63) is 29.8 Å². The summed E-state index contributed by atoms with van der Waals surface area (Å²) >= 11 is 1.88. The van der Waals surface area contributed by atoms with Crippen LogP contribution in [0, 0.1) is 6.92 Å². The summed E-state index contributed by atoms with van der Waals surface area (Å²) in [6, 6.07) is 8.01. The highest BCUT2D eigenvalue weighted by atomic mass is 32.2. The smallest absolute Gasteiger partial charge is 0.243 e. The molecule has 0 saturated carbocycles. The van der Waals surface area contributed by atoms with Crippen molar-refractivity contribution in [3.63, 3.8) is 0 Å². The number of nitrogens with two attached hydrogens (primary N) is 1. The third-order valence-electron chi connectivity index (χ3n) is 3.34. The summed E-state index contributed by atoms with van der Waals surface area (Å²) in [6.07, 6.45) is 1.61. The number of nitrogens with one attached hydrogen (secondary N) is 1. The maximum atomic E-state index is 11.7. The van der Waals surface area contributed by atoms with E-state index in [4.69, 9.17) is 5.73 Å². The van der Waals surface area contributed by atoms with Crippen LogP contribution in [0.1, 0.15) is 18.4 Å². The first kappa shape index (κ1) is 12.3. The minimum atomic E-state index is -0.558. The van der Waals surface area contributed by atoms with E-state index in [0.717, 1.165) is 35.6 Å². The number of aryl methyl sites for hydroxylation is 1. The van der Waals surface area contributed by atoms with Crippen LogP contribution in [0.4, 0.5) is 5.69 Å². The predicted octanol–water partition coefficient (Wildman–Crippen LogP) is 2.16. The highest BCUT2D eigenvalue weighted by Gasteiger charge is 2.38. The Morgan fingerprint density at radius 3 is 2.59 bits per heavy atom. The fraction of sp³-hybridized carbons (Fsp3) is 0.462. The summed E-state index contributed by atoms with van der Waals surface area (Å²) in [5, 5.41) is 3.37. The number of primary amides is 1. The third kappa shape index (κ3) is 2.57. The summed E-state index contributed by atoms with van der Waals surface area (Å²) in [6.45, 7) is 2.04. The molecule has 4 heteroatoms. The lowest BCUT2D eigenvalue weighted by Crippen LogP contribution is -2.52. The van der Waals surface area contributed by atoms with Crippen LogP contribution >= 0.6 is 11.8 Å². The Labute approximate surface area is 106 Å². The van der Waals surface area contributed by atoms with Gasteiger partial charge in [-0.15, -0.1) is 0 Å². The lowest BCUT2D eigenvalue weighted by atomic mass is 9.90. The number of amides is 1. The zero-order valence-corrected chi connectivity index (χ0v) is 10.8. The molecule has 1 aliphatic heterocycles. The monoisotopic (exact) mass is 250 g/mol. The Kier molecular flexibility index (Phi) is 3.62. The second-order valence-electron chi connectivity index (χ2n) is 4.50. The predicted molar refractivity (Wildman–Crippen MR) is 73.3 cm³/mol. The van der Waals surface area contributed by atoms with Gasteiger partial charge < -0.3 is 11.1 Å². The van der Waals surface area contributed by atoms with Crippen molar-refractivity contribution >= 4 is 23.4 Å². The molecule has 1 aromatic carbocycles. The molecule has 0 aliphatic carbocycles. The third-order valence-corrected chi connectivity index (χ3v) is 4.32. The molecule has 3 N–H and O–H groups in total. The van der Waals surface area contributed by atoms with Crippen LogP contribution in [0.5, 0.6) is 0 Å². The summed E-state index contributed by atoms with van der Waals surface area (Å²) < 4.78 is 0. The van der Waals surface area contributed by atoms with Crippen molar-refractivity contribution in [1.82, 2.24) is 0 Å². The number of thioether (sulfide) groups is 1. The molecule has 0 spiro atoms. The molecule has 0 bridgehead atoms. The van der Waals surface area contributed by atoms with E-state index in [9.17, 15) is 4.79 Å². The topological polar surface area (TPSA) is 55.1 Å². The number of para-hydroxylation sites is 1. The van der Waals surface area contributed by atoms with Gasteiger partial charge in [0.05, 0.1) is 0 Å². The van der Waals surface area contributed by atoms with Gasteiger partial charge in [-0.05, 0) is 42.9 Å². The van der Waals surface area contributed by atoms with Crippen LogP contribution in [-0.2, 0) is 4.79 Å². The molecular formula is C13H18N2OS. The Morgan fingerprint density at radius 1 is 1.35 bits per heavy atom. The number of benzene rings is 1. The number of carbonyl (C=O) groups excluding carboxylic acids is 1. The van der Waals surface area contributed by atoms with E-state index in [1.54, 1.807) is 0 Å². The van der Waals surface area contributed by atoms with E-state index in [-0.39, 0.29) is 5.91 Å². The second-order valence-corrected chi connectivity index (χ2v) is 5.72. The van der Waals surface area contributed by atoms with Gasteiger partial charge in [0.1, 0.15) is 5.54 Å². The molecule has 92 valence electrons. The maximum absolute atomic E-state index is 11.7. The van der Waals surface area contributed by atoms with E-state index in [1.165, 1.54) is 0 Å². The average molecular weight is 250 g/mol. The molecule has 1 fully saturated rings. The van der Waals surface area contributed by atoms with Crippen LogP contribution in [0.15, 0.2) is 24.3 Å². The van der Waals surface area contributed by atoms with Crippen molar-refractivity contribution in [2.75, 3.05) is 16.8 Å². The molecule has 1 amide bonds. The Balaban J connectivity index is 2.24. The fourth-order valence-corrected chi connectivity index (χ4v) is 3.31. The SMILES string of the molecule is Cc1ccccc1NC1(C(N)=O)CCSCC1. The van der Waals surface area contributed by atoms with E-state index in [2.05, 4.69) is 5.32 Å². The van der Waals surface area contributed by atoms with Gasteiger partial charge >= 0.3 is 0 Å². The molecule has 1 saturated heterocycles. The Bertz CT molecular complexity index is 414. The van der Waals surface area contributed by atoms with Gasteiger partial charge in [-0.1, -0.05) is 18.2 Å². The van der Waals surface area contributed by atoms with E-state index in [0.29, 0.717) is 0 Å². The van der Waals surface area contributed by atoms with Crippen LogP contribution in [0.2, 0.25) is 0 Å². The normalized spacial score (nSPS) is 18.6. The first-order valence-electron chi connectivity index (χ1n) is 5.85. The molecule has 1 aromatic rings. The Morgan fingerprint density at radius 2 is 2.00 bits per heavy atom. The zero-order valence-electron chi connectivity index (χ0n) is 10.0. The van der Waals surface area contributed by atoms with E-state index < -0.39 is 5.54 Å². The van der Waals surface area contributed by atoms with Crippen molar-refractivity contribution in [3.8, 4) is 0 Å². The quantitative estimate of drug-likeness (QED) is 0.864. The lowest BCUT2D eigenvalue weighted by Gasteiger charge is -2.36. The zero-order chi connectivity index (χ0) is 12.3. The fourth-order valence-electron chi connectivity index (χ4n) is 2.12. The molecule has 0 unspecified atom stereocenters. The van der Waals surface area contributed by atoms with Crippen LogP contribution in [0.25, 0.3) is 0 Å². The first-order chi connectivity index (χ1) is 8.14. The largest absolute Gasteiger partial charge is 0.371 e. The molecular weight excluding hydrogens is 232 g/mol. The molecule has 2 rings (SSSR count). The minimum absolute atomic E-state index is 0.235. The molecule has 0 atom stereocenters. The van der Waals surface area contributed by atoms with E-state index >= 15 is 0 Å². The second kappa shape index (κ2) is 5.00. The summed E-state index contributed by atoms with van der Waals surface area (Å²) in [4.78, 5) is 11.7. The number of carbonyl (C=O) groups is 1. The van der Waals surface area contributed by atoms with Crippen molar-refractivity contribution in [2.24, 2.45) is 5.73 Å². The van der Waals surface area contributed by atoms with Crippen molar-refractivity contribution < 1.29 is 4.79 Å². The van der Waals surface area contributed by atoms with Gasteiger partial charge in [0.25, 0.3) is 0 Å². The lowest BCUT2D eigenvalue weighted by molar-refractivity contribution is -0.122. The molecule has 17 heavy (non-hydrogen) atoms. The van der Waals surface area contributed by atoms with E-state index in [1.807, 2.05) is 43.0 Å². The molecule has 0 radical (unpaired) electrons. The standard InChI is InChI=1S/C13H18N2OS/c1-10-4-2-3-5-11(10)15-13(12(14)16)6-8-17-9-7-13/h2-5,15H,6-9H2,1H3,(H2,14,16). The molecule has 3 nitrogen and oxygen atoms in total. The number of anilines is 1. The number of rotatable bonds is 3. The van der Waals surface area contributed by atoms with Crippen LogP contribution in [0.3, 0.4) is 0 Å². The van der Waals surface area contributed by atoms with Gasteiger partial charge in [-0.25, -0.2) is 0 Å². The summed E-state index contributed by atoms with van der Waals surface area (Å²) in [7, 11) is 0. The summed E-state index contributed by atoms with van der Waals surface area (Å²) in [5.74, 6) is 1.74.